The van der Waals surface area contributed by atoms with Gasteiger partial charge in [-0.2, -0.15) is 0 Å². The summed E-state index contributed by atoms with van der Waals surface area (Å²) in [6.07, 6.45) is 1.14. The third-order valence-corrected chi connectivity index (χ3v) is 5.70. The van der Waals surface area contributed by atoms with Crippen molar-refractivity contribution in [2.75, 3.05) is 6.79 Å². The molecule has 0 radical (unpaired) electrons. The first-order chi connectivity index (χ1) is 18.8. The Balaban J connectivity index is 1.35. The highest BCUT2D eigenvalue weighted by atomic mass is 16.7. The number of carbonyl (C=O) groups is 3. The van der Waals surface area contributed by atoms with Crippen LogP contribution in [0.1, 0.15) is 22.8 Å². The van der Waals surface area contributed by atoms with Gasteiger partial charge in [0.1, 0.15) is 18.1 Å². The maximum atomic E-state index is 12.6. The zero-order valence-electron chi connectivity index (χ0n) is 21.3. The van der Waals surface area contributed by atoms with E-state index < -0.39 is 17.9 Å². The molecule has 7 heteroatoms. The number of ether oxygens (including phenoxy) is 4. The highest BCUT2D eigenvalue weighted by Crippen LogP contribution is 2.27. The molecule has 0 bridgehead atoms. The quantitative estimate of drug-likeness (QED) is 0.103. The predicted molar refractivity (Wildman–Crippen MR) is 147 cm³/mol. The molecule has 4 aromatic rings. The smallest absolute Gasteiger partial charge is 0.343 e. The summed E-state index contributed by atoms with van der Waals surface area (Å²) >= 11 is 0. The second-order valence-electron chi connectivity index (χ2n) is 8.62. The van der Waals surface area contributed by atoms with Gasteiger partial charge in [0, 0.05) is 11.6 Å². The number of rotatable bonds is 10. The van der Waals surface area contributed by atoms with Crippen molar-refractivity contribution < 1.29 is 33.3 Å². The Morgan fingerprint density at radius 3 is 2.10 bits per heavy atom. The first kappa shape index (κ1) is 26.9. The average Bonchev–Trinajstić information content (AvgIpc) is 2.96. The minimum Gasteiger partial charge on any atom is -0.458 e. The molecule has 4 rings (SSSR count). The van der Waals surface area contributed by atoms with Gasteiger partial charge in [-0.1, -0.05) is 49.6 Å². The molecule has 0 aliphatic heterocycles. The van der Waals surface area contributed by atoms with Crippen LogP contribution in [0.2, 0.25) is 0 Å². The molecule has 0 fully saturated rings. The van der Waals surface area contributed by atoms with E-state index >= 15 is 0 Å². The Morgan fingerprint density at radius 1 is 0.769 bits per heavy atom. The van der Waals surface area contributed by atoms with Gasteiger partial charge < -0.3 is 18.9 Å². The van der Waals surface area contributed by atoms with E-state index in [1.807, 2.05) is 42.5 Å². The highest BCUT2D eigenvalue weighted by molar-refractivity contribution is 5.91. The Hall–Kier alpha value is -5.17. The number of fused-ring (bicyclic) bond motifs is 1. The fourth-order valence-electron chi connectivity index (χ4n) is 3.62. The van der Waals surface area contributed by atoms with Crippen LogP contribution in [0.4, 0.5) is 0 Å². The summed E-state index contributed by atoms with van der Waals surface area (Å²) in [5, 5.41) is 2.07. The summed E-state index contributed by atoms with van der Waals surface area (Å²) in [6.45, 7) is 8.37. The standard InChI is InChI=1S/C32H26O7/c1-4-30(33)36-19-22-5-6-27-18-26(8-7-25(27)17-22)23-9-15-29(16-10-23)39-32(35)24-11-13-28(14-12-24)37-20-38-31(34)21(2)3/h4-18H,1-2,19-20H2,3H3. The van der Waals surface area contributed by atoms with Crippen molar-refractivity contribution in [1.82, 2.24) is 0 Å². The van der Waals surface area contributed by atoms with Crippen molar-refractivity contribution >= 4 is 28.7 Å². The lowest BCUT2D eigenvalue weighted by Gasteiger charge is -2.09. The molecule has 0 amide bonds. The van der Waals surface area contributed by atoms with Gasteiger partial charge in [-0.25, -0.2) is 14.4 Å². The fourth-order valence-corrected chi connectivity index (χ4v) is 3.62. The molecule has 0 aromatic heterocycles. The van der Waals surface area contributed by atoms with Gasteiger partial charge in [0.05, 0.1) is 5.56 Å². The number of benzene rings is 4. The molecular formula is C32H26O7. The molecule has 0 aliphatic carbocycles. The van der Waals surface area contributed by atoms with E-state index in [1.165, 1.54) is 0 Å². The van der Waals surface area contributed by atoms with Crippen molar-refractivity contribution in [3.63, 3.8) is 0 Å². The summed E-state index contributed by atoms with van der Waals surface area (Å²) in [7, 11) is 0. The third kappa shape index (κ3) is 7.20. The van der Waals surface area contributed by atoms with Gasteiger partial charge in [0.2, 0.25) is 6.79 Å². The van der Waals surface area contributed by atoms with Gasteiger partial charge in [-0.15, -0.1) is 0 Å². The number of hydrogen-bond donors (Lipinski definition) is 0. The molecule has 7 nitrogen and oxygen atoms in total. The molecule has 0 N–H and O–H groups in total. The largest absolute Gasteiger partial charge is 0.458 e. The molecule has 4 aromatic carbocycles. The van der Waals surface area contributed by atoms with Crippen LogP contribution in [-0.4, -0.2) is 24.7 Å². The first-order valence-electron chi connectivity index (χ1n) is 12.0. The van der Waals surface area contributed by atoms with Crippen LogP contribution in [0.5, 0.6) is 11.5 Å². The minimum absolute atomic E-state index is 0.188. The average molecular weight is 523 g/mol. The summed E-state index contributed by atoms with van der Waals surface area (Å²) in [4.78, 5) is 35.2. The van der Waals surface area contributed by atoms with E-state index in [9.17, 15) is 14.4 Å². The number of esters is 3. The van der Waals surface area contributed by atoms with Crippen LogP contribution in [-0.2, 0) is 25.7 Å². The van der Waals surface area contributed by atoms with Crippen LogP contribution in [0, 0.1) is 0 Å². The molecule has 0 heterocycles. The topological polar surface area (TPSA) is 88.1 Å². The Labute approximate surface area is 225 Å². The predicted octanol–water partition coefficient (Wildman–Crippen LogP) is 6.41. The second-order valence-corrected chi connectivity index (χ2v) is 8.62. The lowest BCUT2D eigenvalue weighted by molar-refractivity contribution is -0.145. The lowest BCUT2D eigenvalue weighted by atomic mass is 10.00. The summed E-state index contributed by atoms with van der Waals surface area (Å²) in [6, 6.07) is 25.5. The SMILES string of the molecule is C=CC(=O)OCc1ccc2cc(-c3ccc(OC(=O)c4ccc(OCOC(=O)C(=C)C)cc4)cc3)ccc2c1. The van der Waals surface area contributed by atoms with Crippen LogP contribution >= 0.6 is 0 Å². The minimum atomic E-state index is -0.541. The lowest BCUT2D eigenvalue weighted by Crippen LogP contribution is -2.11. The van der Waals surface area contributed by atoms with Crippen molar-refractivity contribution in [2.24, 2.45) is 0 Å². The van der Waals surface area contributed by atoms with Crippen LogP contribution in [0.25, 0.3) is 21.9 Å². The summed E-state index contributed by atoms with van der Waals surface area (Å²) in [5.74, 6) is -0.657. The van der Waals surface area contributed by atoms with Gasteiger partial charge in [0.15, 0.2) is 0 Å². The molecule has 0 aliphatic rings. The van der Waals surface area contributed by atoms with Crippen LogP contribution < -0.4 is 9.47 Å². The van der Waals surface area contributed by atoms with Gasteiger partial charge >= 0.3 is 17.9 Å². The second kappa shape index (κ2) is 12.4. The first-order valence-corrected chi connectivity index (χ1v) is 12.0. The molecule has 0 unspecified atom stereocenters. The van der Waals surface area contributed by atoms with E-state index in [2.05, 4.69) is 19.2 Å². The normalized spacial score (nSPS) is 10.4. The van der Waals surface area contributed by atoms with E-state index in [1.54, 1.807) is 43.3 Å². The van der Waals surface area contributed by atoms with Crippen molar-refractivity contribution in [3.05, 3.63) is 121 Å². The highest BCUT2D eigenvalue weighted by Gasteiger charge is 2.10. The molecule has 0 atom stereocenters. The third-order valence-electron chi connectivity index (χ3n) is 5.70. The fraction of sp³-hybridized carbons (Fsp3) is 0.0938. The molecule has 196 valence electrons. The van der Waals surface area contributed by atoms with Gasteiger partial charge in [-0.3, -0.25) is 0 Å². The van der Waals surface area contributed by atoms with Crippen LogP contribution in [0.3, 0.4) is 0 Å². The van der Waals surface area contributed by atoms with Crippen molar-refractivity contribution in [1.29, 1.82) is 0 Å². The maximum absolute atomic E-state index is 12.6. The van der Waals surface area contributed by atoms with E-state index in [0.29, 0.717) is 17.1 Å². The van der Waals surface area contributed by atoms with Crippen molar-refractivity contribution in [3.8, 4) is 22.6 Å². The van der Waals surface area contributed by atoms with Gasteiger partial charge in [0.25, 0.3) is 0 Å². The molecule has 0 spiro atoms. The monoisotopic (exact) mass is 522 g/mol. The van der Waals surface area contributed by atoms with Crippen molar-refractivity contribution in [2.45, 2.75) is 13.5 Å². The molecule has 0 saturated carbocycles. The Kier molecular flexibility index (Phi) is 8.53. The van der Waals surface area contributed by atoms with Gasteiger partial charge in [-0.05, 0) is 82.9 Å². The van der Waals surface area contributed by atoms with Crippen LogP contribution in [0.15, 0.2) is 110 Å². The van der Waals surface area contributed by atoms with E-state index in [0.717, 1.165) is 33.5 Å². The van der Waals surface area contributed by atoms with E-state index in [-0.39, 0.29) is 19.0 Å². The molecule has 39 heavy (non-hydrogen) atoms. The summed E-state index contributed by atoms with van der Waals surface area (Å²) in [5.41, 5.74) is 3.49. The summed E-state index contributed by atoms with van der Waals surface area (Å²) < 4.78 is 20.8. The van der Waals surface area contributed by atoms with E-state index in [4.69, 9.17) is 18.9 Å². The molecular weight excluding hydrogens is 496 g/mol. The Morgan fingerprint density at radius 2 is 1.41 bits per heavy atom. The maximum Gasteiger partial charge on any atom is 0.343 e. The zero-order chi connectivity index (χ0) is 27.8. The Bertz CT molecular complexity index is 1530. The zero-order valence-corrected chi connectivity index (χ0v) is 21.3. The molecule has 0 saturated heterocycles. The number of carbonyl (C=O) groups excluding carboxylic acids is 3. The number of hydrogen-bond acceptors (Lipinski definition) is 7.